The van der Waals surface area contributed by atoms with E-state index >= 15 is 0 Å². The molecule has 1 saturated carbocycles. The van der Waals surface area contributed by atoms with Crippen molar-refractivity contribution in [2.24, 2.45) is 5.92 Å². The largest absolute Gasteiger partial charge is 0.459 e. The Morgan fingerprint density at radius 3 is 1.97 bits per heavy atom. The molecule has 0 spiro atoms. The average molecular weight is 431 g/mol. The number of rotatable bonds is 9. The maximum Gasteiger partial charge on any atom is 0.338 e. The van der Waals surface area contributed by atoms with E-state index in [2.05, 4.69) is 12.1 Å². The molecule has 0 amide bonds. The average Bonchev–Trinajstić information content (AvgIpc) is 2.85. The standard InChI is InChI=1S/C28H30O4/c29-28(24-7-3-1-4-8-24)32-27-19-15-23(16-20-27)12-11-22-13-17-26(18-14-22)31-21-30-25-9-5-2-6-10-25/h1-10,13-14,17-18,23,27H,11-12,15-16,19-21H2. The van der Waals surface area contributed by atoms with Crippen LogP contribution in [0, 0.1) is 5.92 Å². The first-order valence-electron chi connectivity index (χ1n) is 11.4. The van der Waals surface area contributed by atoms with Gasteiger partial charge in [-0.15, -0.1) is 0 Å². The summed E-state index contributed by atoms with van der Waals surface area (Å²) in [6.07, 6.45) is 6.41. The summed E-state index contributed by atoms with van der Waals surface area (Å²) in [7, 11) is 0. The van der Waals surface area contributed by atoms with Crippen molar-refractivity contribution in [3.8, 4) is 11.5 Å². The molecule has 0 radical (unpaired) electrons. The van der Waals surface area contributed by atoms with E-state index in [0.29, 0.717) is 11.5 Å². The van der Waals surface area contributed by atoms with Gasteiger partial charge in [-0.05, 0) is 86.4 Å². The molecule has 3 aromatic rings. The van der Waals surface area contributed by atoms with Gasteiger partial charge in [0.15, 0.2) is 0 Å². The van der Waals surface area contributed by atoms with Crippen molar-refractivity contribution in [2.45, 2.75) is 44.6 Å². The fraction of sp³-hybridized carbons (Fsp3) is 0.321. The van der Waals surface area contributed by atoms with Crippen LogP contribution in [0.3, 0.4) is 0 Å². The highest BCUT2D eigenvalue weighted by Gasteiger charge is 2.24. The number of hydrogen-bond acceptors (Lipinski definition) is 4. The molecule has 166 valence electrons. The third-order valence-corrected chi connectivity index (χ3v) is 6.04. The van der Waals surface area contributed by atoms with Gasteiger partial charge in [-0.3, -0.25) is 0 Å². The van der Waals surface area contributed by atoms with Crippen LogP contribution in [0.1, 0.15) is 48.0 Å². The van der Waals surface area contributed by atoms with Gasteiger partial charge in [0.1, 0.15) is 17.6 Å². The molecule has 4 rings (SSSR count). The third kappa shape index (κ3) is 6.61. The maximum atomic E-state index is 12.2. The number of hydrogen-bond donors (Lipinski definition) is 0. The fourth-order valence-electron chi connectivity index (χ4n) is 4.14. The van der Waals surface area contributed by atoms with Crippen molar-refractivity contribution in [1.29, 1.82) is 0 Å². The van der Waals surface area contributed by atoms with E-state index in [1.165, 1.54) is 5.56 Å². The van der Waals surface area contributed by atoms with Gasteiger partial charge < -0.3 is 14.2 Å². The molecule has 32 heavy (non-hydrogen) atoms. The van der Waals surface area contributed by atoms with Crippen molar-refractivity contribution < 1.29 is 19.0 Å². The maximum absolute atomic E-state index is 12.2. The molecule has 4 nitrogen and oxygen atoms in total. The van der Waals surface area contributed by atoms with Crippen LogP contribution in [-0.2, 0) is 11.2 Å². The van der Waals surface area contributed by atoms with Crippen LogP contribution in [0.15, 0.2) is 84.9 Å². The number of aryl methyl sites for hydroxylation is 1. The van der Waals surface area contributed by atoms with Gasteiger partial charge in [0.25, 0.3) is 0 Å². The minimum atomic E-state index is -0.203. The lowest BCUT2D eigenvalue weighted by atomic mass is 9.83. The number of ether oxygens (including phenoxy) is 3. The highest BCUT2D eigenvalue weighted by atomic mass is 16.7. The summed E-state index contributed by atoms with van der Waals surface area (Å²) in [4.78, 5) is 12.2. The van der Waals surface area contributed by atoms with Crippen LogP contribution in [0.2, 0.25) is 0 Å². The topological polar surface area (TPSA) is 44.8 Å². The number of carbonyl (C=O) groups excluding carboxylic acids is 1. The van der Waals surface area contributed by atoms with Crippen LogP contribution in [0.25, 0.3) is 0 Å². The second-order valence-corrected chi connectivity index (χ2v) is 8.32. The van der Waals surface area contributed by atoms with E-state index in [1.54, 1.807) is 12.1 Å². The summed E-state index contributed by atoms with van der Waals surface area (Å²) < 4.78 is 16.9. The van der Waals surface area contributed by atoms with Crippen molar-refractivity contribution in [1.82, 2.24) is 0 Å². The van der Waals surface area contributed by atoms with Crippen molar-refractivity contribution >= 4 is 5.97 Å². The Balaban J connectivity index is 1.14. The molecule has 4 heteroatoms. The Hall–Kier alpha value is -3.27. The summed E-state index contributed by atoms with van der Waals surface area (Å²) in [5, 5.41) is 0. The highest BCUT2D eigenvalue weighted by molar-refractivity contribution is 5.89. The van der Waals surface area contributed by atoms with Crippen molar-refractivity contribution in [2.75, 3.05) is 6.79 Å². The monoisotopic (exact) mass is 430 g/mol. The van der Waals surface area contributed by atoms with Crippen molar-refractivity contribution in [3.63, 3.8) is 0 Å². The molecule has 0 unspecified atom stereocenters. The zero-order chi connectivity index (χ0) is 22.0. The normalized spacial score (nSPS) is 18.0. The van der Waals surface area contributed by atoms with Crippen LogP contribution in [0.5, 0.6) is 11.5 Å². The minimum Gasteiger partial charge on any atom is -0.459 e. The Morgan fingerprint density at radius 1 is 0.719 bits per heavy atom. The first-order valence-corrected chi connectivity index (χ1v) is 11.4. The van der Waals surface area contributed by atoms with Gasteiger partial charge in [0.05, 0.1) is 5.56 Å². The van der Waals surface area contributed by atoms with E-state index in [-0.39, 0.29) is 18.9 Å². The summed E-state index contributed by atoms with van der Waals surface area (Å²) in [6.45, 7) is 0.196. The van der Waals surface area contributed by atoms with Crippen LogP contribution < -0.4 is 9.47 Å². The number of benzene rings is 3. The van der Waals surface area contributed by atoms with E-state index in [9.17, 15) is 4.79 Å². The molecular formula is C28H30O4. The second kappa shape index (κ2) is 11.4. The number of para-hydroxylation sites is 1. The molecule has 0 atom stereocenters. The molecule has 0 N–H and O–H groups in total. The smallest absolute Gasteiger partial charge is 0.338 e. The van der Waals surface area contributed by atoms with E-state index in [1.807, 2.05) is 60.7 Å². The van der Waals surface area contributed by atoms with Crippen LogP contribution in [-0.4, -0.2) is 18.9 Å². The molecule has 0 bridgehead atoms. The quantitative estimate of drug-likeness (QED) is 0.289. The summed E-state index contributed by atoms with van der Waals surface area (Å²) >= 11 is 0. The number of esters is 1. The first-order chi connectivity index (χ1) is 15.8. The summed E-state index contributed by atoms with van der Waals surface area (Å²) in [5.41, 5.74) is 1.95. The third-order valence-electron chi connectivity index (χ3n) is 6.04. The molecule has 0 aromatic heterocycles. The van der Waals surface area contributed by atoms with Gasteiger partial charge in [-0.2, -0.15) is 0 Å². The van der Waals surface area contributed by atoms with E-state index in [0.717, 1.165) is 50.0 Å². The fourth-order valence-corrected chi connectivity index (χ4v) is 4.14. The van der Waals surface area contributed by atoms with E-state index in [4.69, 9.17) is 14.2 Å². The zero-order valence-corrected chi connectivity index (χ0v) is 18.3. The van der Waals surface area contributed by atoms with Gasteiger partial charge in [-0.25, -0.2) is 4.79 Å². The zero-order valence-electron chi connectivity index (χ0n) is 18.3. The van der Waals surface area contributed by atoms with Gasteiger partial charge in [0, 0.05) is 0 Å². The van der Waals surface area contributed by atoms with Crippen LogP contribution >= 0.6 is 0 Å². The lowest BCUT2D eigenvalue weighted by Gasteiger charge is -2.28. The van der Waals surface area contributed by atoms with Gasteiger partial charge >= 0.3 is 5.97 Å². The predicted octanol–water partition coefficient (Wildman–Crippen LogP) is 6.45. The van der Waals surface area contributed by atoms with Crippen molar-refractivity contribution in [3.05, 3.63) is 96.1 Å². The molecule has 0 aliphatic heterocycles. The first kappa shape index (κ1) is 21.9. The molecule has 1 aliphatic rings. The molecule has 3 aromatic carbocycles. The second-order valence-electron chi connectivity index (χ2n) is 8.32. The minimum absolute atomic E-state index is 0.0495. The Kier molecular flexibility index (Phi) is 7.80. The molecule has 1 aliphatic carbocycles. The van der Waals surface area contributed by atoms with Crippen LogP contribution in [0.4, 0.5) is 0 Å². The van der Waals surface area contributed by atoms with Gasteiger partial charge in [-0.1, -0.05) is 48.5 Å². The lowest BCUT2D eigenvalue weighted by Crippen LogP contribution is -2.24. The number of carbonyl (C=O) groups is 1. The van der Waals surface area contributed by atoms with E-state index < -0.39 is 0 Å². The SMILES string of the molecule is O=C(OC1CCC(CCc2ccc(OCOc3ccccc3)cc2)CC1)c1ccccc1. The molecule has 1 fully saturated rings. The summed E-state index contributed by atoms with van der Waals surface area (Å²) in [5.74, 6) is 2.10. The Morgan fingerprint density at radius 2 is 1.31 bits per heavy atom. The predicted molar refractivity (Wildman–Crippen MR) is 125 cm³/mol. The molecule has 0 saturated heterocycles. The lowest BCUT2D eigenvalue weighted by molar-refractivity contribution is 0.0162. The molecular weight excluding hydrogens is 400 g/mol. The Labute approximate surface area is 190 Å². The van der Waals surface area contributed by atoms with Gasteiger partial charge in [0.2, 0.25) is 6.79 Å². The highest BCUT2D eigenvalue weighted by Crippen LogP contribution is 2.30. The summed E-state index contributed by atoms with van der Waals surface area (Å²) in [6, 6.07) is 27.2. The Bertz CT molecular complexity index is 946. The molecule has 0 heterocycles.